The summed E-state index contributed by atoms with van der Waals surface area (Å²) in [5.41, 5.74) is -0.705. The Morgan fingerprint density at radius 3 is 2.64 bits per heavy atom. The van der Waals surface area contributed by atoms with Crippen molar-refractivity contribution in [2.45, 2.75) is 39.7 Å². The molecule has 7 nitrogen and oxygen atoms in total. The highest BCUT2D eigenvalue weighted by Crippen LogP contribution is 2.20. The number of amides is 1. The van der Waals surface area contributed by atoms with Crippen LogP contribution in [0.15, 0.2) is 29.1 Å². The van der Waals surface area contributed by atoms with E-state index in [1.165, 1.54) is 0 Å². The number of aromatic nitrogens is 2. The summed E-state index contributed by atoms with van der Waals surface area (Å²) in [6.07, 6.45) is 0. The van der Waals surface area contributed by atoms with Crippen molar-refractivity contribution in [2.75, 3.05) is 6.61 Å². The molecule has 0 saturated heterocycles. The van der Waals surface area contributed by atoms with Crippen LogP contribution in [0.1, 0.15) is 49.6 Å². The van der Waals surface area contributed by atoms with Gasteiger partial charge in [0.2, 0.25) is 5.75 Å². The first-order valence-electron chi connectivity index (χ1n) is 8.06. The van der Waals surface area contributed by atoms with Crippen LogP contribution in [0.3, 0.4) is 0 Å². The van der Waals surface area contributed by atoms with E-state index in [0.717, 1.165) is 5.56 Å². The van der Waals surface area contributed by atoms with Gasteiger partial charge in [-0.3, -0.25) is 9.59 Å². The van der Waals surface area contributed by atoms with Gasteiger partial charge >= 0.3 is 0 Å². The van der Waals surface area contributed by atoms with Crippen LogP contribution in [0.4, 0.5) is 0 Å². The number of carbonyl (C=O) groups excluding carboxylic acids is 1. The van der Waals surface area contributed by atoms with Crippen LogP contribution in [-0.2, 0) is 12.0 Å². The molecule has 0 aliphatic rings. The normalized spacial score (nSPS) is 11.2. The third kappa shape index (κ3) is 4.37. The van der Waals surface area contributed by atoms with Gasteiger partial charge in [0, 0.05) is 17.5 Å². The molecule has 0 saturated carbocycles. The number of benzene rings is 1. The molecule has 25 heavy (non-hydrogen) atoms. The third-order valence-electron chi connectivity index (χ3n) is 3.53. The van der Waals surface area contributed by atoms with E-state index in [9.17, 15) is 14.7 Å². The Bertz CT molecular complexity index is 822. The maximum atomic E-state index is 12.4. The van der Waals surface area contributed by atoms with Crippen LogP contribution in [0, 0.1) is 0 Å². The molecular formula is C18H23N3O4. The van der Waals surface area contributed by atoms with E-state index in [4.69, 9.17) is 4.74 Å². The number of hydrogen-bond donors (Lipinski definition) is 3. The SMILES string of the molecule is CCOc1ccccc1CNC(=O)c1nc(C(C)(C)C)[nH]c(=O)c1O. The lowest BCUT2D eigenvalue weighted by molar-refractivity contribution is 0.0941. The molecule has 0 aliphatic carbocycles. The molecule has 0 atom stereocenters. The van der Waals surface area contributed by atoms with E-state index >= 15 is 0 Å². The summed E-state index contributed by atoms with van der Waals surface area (Å²) in [7, 11) is 0. The largest absolute Gasteiger partial charge is 0.501 e. The fraction of sp³-hybridized carbons (Fsp3) is 0.389. The number of hydrogen-bond acceptors (Lipinski definition) is 5. The van der Waals surface area contributed by atoms with Gasteiger partial charge in [-0.25, -0.2) is 4.98 Å². The number of H-pyrrole nitrogens is 1. The molecule has 2 rings (SSSR count). The zero-order chi connectivity index (χ0) is 18.6. The third-order valence-corrected chi connectivity index (χ3v) is 3.53. The van der Waals surface area contributed by atoms with Gasteiger partial charge in [-0.1, -0.05) is 39.0 Å². The van der Waals surface area contributed by atoms with Crippen molar-refractivity contribution < 1.29 is 14.6 Å². The van der Waals surface area contributed by atoms with E-state index in [2.05, 4.69) is 15.3 Å². The lowest BCUT2D eigenvalue weighted by Crippen LogP contribution is -2.29. The highest BCUT2D eigenvalue weighted by Gasteiger charge is 2.23. The Labute approximate surface area is 146 Å². The van der Waals surface area contributed by atoms with Crippen molar-refractivity contribution in [3.05, 3.63) is 51.7 Å². The second-order valence-electron chi connectivity index (χ2n) is 6.59. The number of carbonyl (C=O) groups is 1. The Balaban J connectivity index is 2.25. The molecule has 0 fully saturated rings. The summed E-state index contributed by atoms with van der Waals surface area (Å²) in [5, 5.41) is 12.6. The number of ether oxygens (including phenoxy) is 1. The minimum absolute atomic E-state index is 0.188. The van der Waals surface area contributed by atoms with Gasteiger partial charge in [-0.2, -0.15) is 0 Å². The molecular weight excluding hydrogens is 322 g/mol. The number of nitrogens with zero attached hydrogens (tertiary/aromatic N) is 1. The lowest BCUT2D eigenvalue weighted by atomic mass is 9.95. The quantitative estimate of drug-likeness (QED) is 0.770. The smallest absolute Gasteiger partial charge is 0.293 e. The van der Waals surface area contributed by atoms with Crippen LogP contribution in [0.2, 0.25) is 0 Å². The molecule has 1 amide bonds. The van der Waals surface area contributed by atoms with Gasteiger partial charge in [0.15, 0.2) is 5.69 Å². The highest BCUT2D eigenvalue weighted by molar-refractivity contribution is 5.94. The molecule has 1 aromatic carbocycles. The molecule has 0 spiro atoms. The Kier molecular flexibility index (Phi) is 5.46. The number of aromatic amines is 1. The fourth-order valence-electron chi connectivity index (χ4n) is 2.19. The van der Waals surface area contributed by atoms with Crippen molar-refractivity contribution in [1.82, 2.24) is 15.3 Å². The number of rotatable bonds is 5. The monoisotopic (exact) mass is 345 g/mol. The predicted octanol–water partition coefficient (Wildman–Crippen LogP) is 2.10. The van der Waals surface area contributed by atoms with Crippen molar-refractivity contribution in [3.63, 3.8) is 0 Å². The number of nitrogens with one attached hydrogen (secondary N) is 2. The van der Waals surface area contributed by atoms with Crippen LogP contribution in [0.25, 0.3) is 0 Å². The minimum Gasteiger partial charge on any atom is -0.501 e. The zero-order valence-electron chi connectivity index (χ0n) is 14.8. The summed E-state index contributed by atoms with van der Waals surface area (Å²) in [5.74, 6) is -0.317. The van der Waals surface area contributed by atoms with Crippen LogP contribution in [-0.4, -0.2) is 27.6 Å². The highest BCUT2D eigenvalue weighted by atomic mass is 16.5. The molecule has 0 radical (unpaired) electrons. The van der Waals surface area contributed by atoms with Crippen molar-refractivity contribution in [1.29, 1.82) is 0 Å². The maximum absolute atomic E-state index is 12.4. The standard InChI is InChI=1S/C18H23N3O4/c1-5-25-12-9-7-6-8-11(12)10-19-15(23)13-14(22)16(24)21-17(20-13)18(2,3)4/h6-9,22H,5,10H2,1-4H3,(H,19,23)(H,20,21,24). The van der Waals surface area contributed by atoms with E-state index in [1.54, 1.807) is 0 Å². The summed E-state index contributed by atoms with van der Waals surface area (Å²) in [6.45, 7) is 8.12. The molecule has 1 aromatic heterocycles. The Hall–Kier alpha value is -2.83. The maximum Gasteiger partial charge on any atom is 0.293 e. The van der Waals surface area contributed by atoms with Crippen LogP contribution in [0.5, 0.6) is 11.5 Å². The number of aromatic hydroxyl groups is 1. The Morgan fingerprint density at radius 2 is 2.00 bits per heavy atom. The van der Waals surface area contributed by atoms with E-state index in [-0.39, 0.29) is 12.2 Å². The van der Waals surface area contributed by atoms with Crippen LogP contribution >= 0.6 is 0 Å². The van der Waals surface area contributed by atoms with Crippen LogP contribution < -0.4 is 15.6 Å². The molecule has 134 valence electrons. The summed E-state index contributed by atoms with van der Waals surface area (Å²) in [6, 6.07) is 7.32. The summed E-state index contributed by atoms with van der Waals surface area (Å²) < 4.78 is 5.51. The van der Waals surface area contributed by atoms with Gasteiger partial charge in [0.1, 0.15) is 11.6 Å². The average molecular weight is 345 g/mol. The fourth-order valence-corrected chi connectivity index (χ4v) is 2.19. The van der Waals surface area contributed by atoms with Gasteiger partial charge in [-0.05, 0) is 13.0 Å². The number of para-hydroxylation sites is 1. The first-order valence-corrected chi connectivity index (χ1v) is 8.06. The molecule has 0 unspecified atom stereocenters. The van der Waals surface area contributed by atoms with Gasteiger partial charge in [0.25, 0.3) is 11.5 Å². The second kappa shape index (κ2) is 7.38. The zero-order valence-corrected chi connectivity index (χ0v) is 14.8. The topological polar surface area (TPSA) is 104 Å². The molecule has 7 heteroatoms. The van der Waals surface area contributed by atoms with E-state index in [1.807, 2.05) is 52.0 Å². The molecule has 0 aliphatic heterocycles. The van der Waals surface area contributed by atoms with Gasteiger partial charge < -0.3 is 20.1 Å². The summed E-state index contributed by atoms with van der Waals surface area (Å²) >= 11 is 0. The Morgan fingerprint density at radius 1 is 1.32 bits per heavy atom. The van der Waals surface area contributed by atoms with Gasteiger partial charge in [0.05, 0.1) is 6.61 Å². The average Bonchev–Trinajstić information content (AvgIpc) is 2.55. The summed E-state index contributed by atoms with van der Waals surface area (Å²) in [4.78, 5) is 30.9. The van der Waals surface area contributed by atoms with Crippen molar-refractivity contribution in [3.8, 4) is 11.5 Å². The molecule has 2 aromatic rings. The van der Waals surface area contributed by atoms with E-state index in [0.29, 0.717) is 18.2 Å². The van der Waals surface area contributed by atoms with Crippen molar-refractivity contribution in [2.24, 2.45) is 0 Å². The van der Waals surface area contributed by atoms with Crippen molar-refractivity contribution >= 4 is 5.91 Å². The first kappa shape index (κ1) is 18.5. The van der Waals surface area contributed by atoms with E-state index < -0.39 is 22.6 Å². The first-order chi connectivity index (χ1) is 11.7. The lowest BCUT2D eigenvalue weighted by Gasteiger charge is -2.18. The molecule has 3 N–H and O–H groups in total. The second-order valence-corrected chi connectivity index (χ2v) is 6.59. The molecule has 1 heterocycles. The molecule has 0 bridgehead atoms. The minimum atomic E-state index is -0.736. The predicted molar refractivity (Wildman–Crippen MR) is 94.0 cm³/mol. The van der Waals surface area contributed by atoms with Gasteiger partial charge in [-0.15, -0.1) is 0 Å².